The van der Waals surface area contributed by atoms with Crippen LogP contribution in [0.5, 0.6) is 0 Å². The highest BCUT2D eigenvalue weighted by atomic mass is 16.3. The number of carbonyl (C=O) groups excluding carboxylic acids is 1. The third-order valence-electron chi connectivity index (χ3n) is 5.62. The van der Waals surface area contributed by atoms with Crippen molar-refractivity contribution in [1.82, 2.24) is 9.88 Å². The average Bonchev–Trinajstić information content (AvgIpc) is 2.70. The molecule has 2 aliphatic heterocycles. The van der Waals surface area contributed by atoms with Gasteiger partial charge in [-0.05, 0) is 42.7 Å². The fraction of sp³-hybridized carbons (Fsp3) is 0.700. The molecule has 0 radical (unpaired) electrons. The van der Waals surface area contributed by atoms with Gasteiger partial charge in [0.1, 0.15) is 5.82 Å². The van der Waals surface area contributed by atoms with Crippen LogP contribution in [0.25, 0.3) is 0 Å². The molecule has 2 N–H and O–H groups in total. The molecule has 6 nitrogen and oxygen atoms in total. The van der Waals surface area contributed by atoms with Crippen molar-refractivity contribution < 1.29 is 15.0 Å². The number of hydrogen-bond donors (Lipinski definition) is 2. The number of aliphatic hydroxyl groups is 2. The van der Waals surface area contributed by atoms with Crippen molar-refractivity contribution in [2.45, 2.75) is 52.2 Å². The fourth-order valence-electron chi connectivity index (χ4n) is 3.97. The number of anilines is 1. The molecule has 0 aliphatic carbocycles. The number of hydrogen-bond acceptors (Lipinski definition) is 5. The van der Waals surface area contributed by atoms with E-state index in [1.54, 1.807) is 11.1 Å². The molecule has 26 heavy (non-hydrogen) atoms. The van der Waals surface area contributed by atoms with Gasteiger partial charge in [0, 0.05) is 32.4 Å². The zero-order valence-electron chi connectivity index (χ0n) is 16.1. The number of rotatable bonds is 2. The van der Waals surface area contributed by atoms with Crippen LogP contribution in [0.4, 0.5) is 5.82 Å². The van der Waals surface area contributed by atoms with Gasteiger partial charge in [-0.3, -0.25) is 4.79 Å². The van der Waals surface area contributed by atoms with Crippen molar-refractivity contribution in [1.29, 1.82) is 0 Å². The molecule has 0 saturated carbocycles. The van der Waals surface area contributed by atoms with Gasteiger partial charge in [-0.2, -0.15) is 0 Å². The maximum atomic E-state index is 12.9. The topological polar surface area (TPSA) is 76.9 Å². The van der Waals surface area contributed by atoms with E-state index in [1.165, 1.54) is 12.8 Å². The zero-order valence-corrected chi connectivity index (χ0v) is 16.1. The third-order valence-corrected chi connectivity index (χ3v) is 5.62. The first-order valence-corrected chi connectivity index (χ1v) is 9.61. The van der Waals surface area contributed by atoms with E-state index in [-0.39, 0.29) is 17.9 Å². The maximum absolute atomic E-state index is 12.9. The standard InChI is InChI=1S/C20H31N3O3/c1-14-6-8-22(9-7-14)18-5-4-15(11-21-18)19(26)23-12-17(25)16(24)10-20(2,3)13-23/h4-5,11,14,16-17,24-25H,6-10,12-13H2,1-3H3/t16-,17+/m0/s1. The summed E-state index contributed by atoms with van der Waals surface area (Å²) in [7, 11) is 0. The van der Waals surface area contributed by atoms with E-state index < -0.39 is 12.2 Å². The Morgan fingerprint density at radius 1 is 1.19 bits per heavy atom. The number of piperidine rings is 1. The van der Waals surface area contributed by atoms with Crippen molar-refractivity contribution in [3.63, 3.8) is 0 Å². The second-order valence-corrected chi connectivity index (χ2v) is 8.76. The highest BCUT2D eigenvalue weighted by Crippen LogP contribution is 2.29. The Bertz CT molecular complexity index is 624. The SMILES string of the molecule is CC1CCN(c2ccc(C(=O)N3C[C@@H](O)[C@@H](O)CC(C)(C)C3)cn2)CC1. The minimum absolute atomic E-state index is 0.141. The van der Waals surface area contributed by atoms with Gasteiger partial charge in [0.15, 0.2) is 0 Å². The summed E-state index contributed by atoms with van der Waals surface area (Å²) in [6.07, 6.45) is 2.74. The van der Waals surface area contributed by atoms with E-state index in [2.05, 4.69) is 16.8 Å². The Morgan fingerprint density at radius 3 is 2.50 bits per heavy atom. The number of aromatic nitrogens is 1. The molecule has 2 aliphatic rings. The molecule has 0 spiro atoms. The third kappa shape index (κ3) is 4.35. The van der Waals surface area contributed by atoms with Crippen LogP contribution in [0.2, 0.25) is 0 Å². The smallest absolute Gasteiger partial charge is 0.255 e. The normalized spacial score (nSPS) is 27.3. The summed E-state index contributed by atoms with van der Waals surface area (Å²) >= 11 is 0. The van der Waals surface area contributed by atoms with Crippen LogP contribution in [0.15, 0.2) is 18.3 Å². The van der Waals surface area contributed by atoms with Crippen LogP contribution in [-0.2, 0) is 0 Å². The quantitative estimate of drug-likeness (QED) is 0.841. The van der Waals surface area contributed by atoms with Gasteiger partial charge >= 0.3 is 0 Å². The van der Waals surface area contributed by atoms with E-state index in [9.17, 15) is 15.0 Å². The number of β-amino-alcohol motifs (C(OH)–C–C–N with tert-alkyl or cyclic N) is 1. The van der Waals surface area contributed by atoms with E-state index >= 15 is 0 Å². The lowest BCUT2D eigenvalue weighted by molar-refractivity contribution is 0.00367. The first kappa shape index (κ1) is 19.1. The molecule has 2 fully saturated rings. The summed E-state index contributed by atoms with van der Waals surface area (Å²) < 4.78 is 0. The predicted octanol–water partition coefficient (Wildman–Crippen LogP) is 1.91. The van der Waals surface area contributed by atoms with Gasteiger partial charge < -0.3 is 20.0 Å². The minimum atomic E-state index is -0.914. The molecule has 6 heteroatoms. The number of pyridine rings is 1. The molecule has 0 bridgehead atoms. The molecule has 1 aromatic heterocycles. The summed E-state index contributed by atoms with van der Waals surface area (Å²) in [5.74, 6) is 1.54. The van der Waals surface area contributed by atoms with E-state index in [1.807, 2.05) is 26.0 Å². The van der Waals surface area contributed by atoms with E-state index in [0.717, 1.165) is 24.8 Å². The molecule has 144 valence electrons. The van der Waals surface area contributed by atoms with Crippen LogP contribution in [0.1, 0.15) is 50.4 Å². The Labute approximate surface area is 155 Å². The fourth-order valence-corrected chi connectivity index (χ4v) is 3.97. The molecule has 0 aromatic carbocycles. The number of nitrogens with zero attached hydrogens (tertiary/aromatic N) is 3. The highest BCUT2D eigenvalue weighted by molar-refractivity contribution is 5.94. The Kier molecular flexibility index (Phi) is 5.53. The Balaban J connectivity index is 1.71. The second kappa shape index (κ2) is 7.53. The Morgan fingerprint density at radius 2 is 1.88 bits per heavy atom. The monoisotopic (exact) mass is 361 g/mol. The van der Waals surface area contributed by atoms with Gasteiger partial charge in [-0.15, -0.1) is 0 Å². The van der Waals surface area contributed by atoms with E-state index in [0.29, 0.717) is 18.5 Å². The van der Waals surface area contributed by atoms with E-state index in [4.69, 9.17) is 0 Å². The van der Waals surface area contributed by atoms with Crippen LogP contribution in [-0.4, -0.2) is 64.4 Å². The molecular weight excluding hydrogens is 330 g/mol. The molecule has 2 atom stereocenters. The highest BCUT2D eigenvalue weighted by Gasteiger charge is 2.36. The van der Waals surface area contributed by atoms with Crippen molar-refractivity contribution in [3.8, 4) is 0 Å². The summed E-state index contributed by atoms with van der Waals surface area (Å²) in [6.45, 7) is 8.96. The predicted molar refractivity (Wildman–Crippen MR) is 101 cm³/mol. The summed E-state index contributed by atoms with van der Waals surface area (Å²) in [5.41, 5.74) is 0.281. The van der Waals surface area contributed by atoms with Crippen LogP contribution in [0, 0.1) is 11.3 Å². The first-order chi connectivity index (χ1) is 12.2. The largest absolute Gasteiger partial charge is 0.390 e. The number of carbonyl (C=O) groups is 1. The van der Waals surface area contributed by atoms with Crippen LogP contribution >= 0.6 is 0 Å². The van der Waals surface area contributed by atoms with Crippen molar-refractivity contribution >= 4 is 11.7 Å². The van der Waals surface area contributed by atoms with Crippen LogP contribution < -0.4 is 4.90 Å². The van der Waals surface area contributed by atoms with Gasteiger partial charge in [0.25, 0.3) is 5.91 Å². The number of amides is 1. The Hall–Kier alpha value is -1.66. The van der Waals surface area contributed by atoms with Gasteiger partial charge in [-0.25, -0.2) is 4.98 Å². The summed E-state index contributed by atoms with van der Waals surface area (Å²) in [5, 5.41) is 20.2. The lowest BCUT2D eigenvalue weighted by Gasteiger charge is -2.31. The molecule has 0 unspecified atom stereocenters. The maximum Gasteiger partial charge on any atom is 0.255 e. The van der Waals surface area contributed by atoms with Crippen molar-refractivity contribution in [2.75, 3.05) is 31.1 Å². The first-order valence-electron chi connectivity index (χ1n) is 9.61. The molecule has 1 aromatic rings. The molecule has 3 rings (SSSR count). The zero-order chi connectivity index (χ0) is 18.9. The average molecular weight is 361 g/mol. The van der Waals surface area contributed by atoms with Gasteiger partial charge in [-0.1, -0.05) is 20.8 Å². The summed E-state index contributed by atoms with van der Waals surface area (Å²) in [6, 6.07) is 3.74. The van der Waals surface area contributed by atoms with Crippen molar-refractivity contribution in [2.24, 2.45) is 11.3 Å². The van der Waals surface area contributed by atoms with Crippen molar-refractivity contribution in [3.05, 3.63) is 23.9 Å². The molecular formula is C20H31N3O3. The lowest BCUT2D eigenvalue weighted by Crippen LogP contribution is -2.41. The molecule has 1 amide bonds. The number of aliphatic hydroxyl groups excluding tert-OH is 2. The molecule has 3 heterocycles. The van der Waals surface area contributed by atoms with Gasteiger partial charge in [0.05, 0.1) is 17.8 Å². The summed E-state index contributed by atoms with van der Waals surface area (Å²) in [4.78, 5) is 21.3. The second-order valence-electron chi connectivity index (χ2n) is 8.76. The lowest BCUT2D eigenvalue weighted by atomic mass is 9.86. The minimum Gasteiger partial charge on any atom is -0.390 e. The van der Waals surface area contributed by atoms with Crippen LogP contribution in [0.3, 0.4) is 0 Å². The van der Waals surface area contributed by atoms with Gasteiger partial charge in [0.2, 0.25) is 0 Å². The molecule has 2 saturated heterocycles. The number of likely N-dealkylation sites (tertiary alicyclic amines) is 1.